The van der Waals surface area contributed by atoms with E-state index in [9.17, 15) is 29.4 Å². The molecule has 2 aliphatic heterocycles. The molecule has 4 atom stereocenters. The van der Waals surface area contributed by atoms with Gasteiger partial charge < -0.3 is 19.7 Å². The van der Waals surface area contributed by atoms with Crippen LogP contribution in [0.4, 0.5) is 9.59 Å². The number of carbonyl (C=O) groups is 4. The van der Waals surface area contributed by atoms with Gasteiger partial charge in [0.1, 0.15) is 23.3 Å². The van der Waals surface area contributed by atoms with Crippen molar-refractivity contribution in [1.82, 2.24) is 9.80 Å². The summed E-state index contributed by atoms with van der Waals surface area (Å²) in [6.45, 7) is 10.2. The Balaban J connectivity index is 2.27. The molecule has 0 aromatic heterocycles. The summed E-state index contributed by atoms with van der Waals surface area (Å²) >= 11 is 0. The minimum Gasteiger partial charge on any atom is -0.480 e. The van der Waals surface area contributed by atoms with Crippen molar-refractivity contribution in [3.63, 3.8) is 0 Å². The van der Waals surface area contributed by atoms with E-state index in [1.165, 1.54) is 4.90 Å². The summed E-state index contributed by atoms with van der Waals surface area (Å²) in [4.78, 5) is 51.2. The van der Waals surface area contributed by atoms with Gasteiger partial charge in [0, 0.05) is 12.6 Å². The number of amides is 2. The maximum atomic E-state index is 12.8. The van der Waals surface area contributed by atoms with Gasteiger partial charge in [-0.15, -0.1) is 0 Å². The summed E-state index contributed by atoms with van der Waals surface area (Å²) in [7, 11) is 0. The van der Waals surface area contributed by atoms with Crippen molar-refractivity contribution in [1.29, 1.82) is 0 Å². The van der Waals surface area contributed by atoms with Gasteiger partial charge in [-0.2, -0.15) is 0 Å². The van der Waals surface area contributed by atoms with Crippen LogP contribution in [0.15, 0.2) is 0 Å². The van der Waals surface area contributed by atoms with Crippen LogP contribution in [0.25, 0.3) is 0 Å². The topological polar surface area (TPSA) is 134 Å². The molecule has 10 nitrogen and oxygen atoms in total. The van der Waals surface area contributed by atoms with Crippen LogP contribution in [0.5, 0.6) is 0 Å². The maximum Gasteiger partial charge on any atom is 0.411 e. The first kappa shape index (κ1) is 23.8. The first-order valence-corrected chi connectivity index (χ1v) is 10.1. The number of aliphatic carboxylic acids is 2. The van der Waals surface area contributed by atoms with Crippen LogP contribution in [0.3, 0.4) is 0 Å². The third-order valence-electron chi connectivity index (χ3n) is 5.11. The quantitative estimate of drug-likeness (QED) is 0.700. The summed E-state index contributed by atoms with van der Waals surface area (Å²) in [5.74, 6) is -2.71. The number of likely N-dealkylation sites (tertiary alicyclic amines) is 2. The van der Waals surface area contributed by atoms with E-state index in [1.807, 2.05) is 0 Å². The normalized spacial score (nSPS) is 27.1. The number of rotatable bonds is 3. The molecule has 0 unspecified atom stereocenters. The highest BCUT2D eigenvalue weighted by Gasteiger charge is 2.51. The summed E-state index contributed by atoms with van der Waals surface area (Å²) in [5.41, 5.74) is -1.60. The van der Waals surface area contributed by atoms with E-state index < -0.39 is 59.4 Å². The van der Waals surface area contributed by atoms with Crippen molar-refractivity contribution in [3.05, 3.63) is 0 Å². The lowest BCUT2D eigenvalue weighted by Gasteiger charge is -2.33. The molecule has 0 spiro atoms. The van der Waals surface area contributed by atoms with E-state index in [1.54, 1.807) is 41.5 Å². The van der Waals surface area contributed by atoms with Crippen molar-refractivity contribution >= 4 is 24.1 Å². The van der Waals surface area contributed by atoms with Gasteiger partial charge in [-0.1, -0.05) is 0 Å². The Labute approximate surface area is 176 Å². The predicted molar refractivity (Wildman–Crippen MR) is 105 cm³/mol. The number of carboxylic acid groups (broad SMARTS) is 2. The molecule has 0 aromatic carbocycles. The molecule has 0 aliphatic carbocycles. The van der Waals surface area contributed by atoms with Gasteiger partial charge in [-0.25, -0.2) is 19.2 Å². The van der Waals surface area contributed by atoms with E-state index in [-0.39, 0.29) is 19.4 Å². The molecule has 0 saturated carbocycles. The minimum absolute atomic E-state index is 0.0577. The summed E-state index contributed by atoms with van der Waals surface area (Å²) in [6.07, 6.45) is -0.769. The third-order valence-corrected chi connectivity index (χ3v) is 5.11. The standard InChI is InChI=1S/C20H32N2O8/c1-19(2,3)29-17(27)21-10-11(9-14(21)16(25)26)12-7-8-13(15(23)24)22(12)18(28)30-20(4,5)6/h11-14H,7-10H2,1-6H3,(H,23,24)(H,25,26)/t11-,12-,13+,14+/m1/s1. The first-order valence-electron chi connectivity index (χ1n) is 10.1. The monoisotopic (exact) mass is 428 g/mol. The lowest BCUT2D eigenvalue weighted by molar-refractivity contribution is -0.143. The summed E-state index contributed by atoms with van der Waals surface area (Å²) < 4.78 is 10.7. The molecule has 2 heterocycles. The zero-order chi connectivity index (χ0) is 23.0. The molecule has 30 heavy (non-hydrogen) atoms. The van der Waals surface area contributed by atoms with E-state index in [0.29, 0.717) is 6.42 Å². The van der Waals surface area contributed by atoms with Crippen molar-refractivity contribution < 1.29 is 38.9 Å². The van der Waals surface area contributed by atoms with Crippen LogP contribution in [0.2, 0.25) is 0 Å². The highest BCUT2D eigenvalue weighted by Crippen LogP contribution is 2.38. The fourth-order valence-electron chi connectivity index (χ4n) is 4.02. The Kier molecular flexibility index (Phi) is 6.58. The van der Waals surface area contributed by atoms with Gasteiger partial charge >= 0.3 is 24.1 Å². The Morgan fingerprint density at radius 2 is 1.30 bits per heavy atom. The Hall–Kier alpha value is -2.52. The molecular weight excluding hydrogens is 396 g/mol. The van der Waals surface area contributed by atoms with Crippen LogP contribution in [-0.4, -0.2) is 80.0 Å². The summed E-state index contributed by atoms with van der Waals surface area (Å²) in [5, 5.41) is 19.2. The molecule has 0 bridgehead atoms. The smallest absolute Gasteiger partial charge is 0.411 e. The molecule has 2 saturated heterocycles. The van der Waals surface area contributed by atoms with Crippen LogP contribution >= 0.6 is 0 Å². The number of nitrogens with zero attached hydrogens (tertiary/aromatic N) is 2. The van der Waals surface area contributed by atoms with Crippen LogP contribution in [0, 0.1) is 5.92 Å². The second kappa shape index (κ2) is 8.31. The van der Waals surface area contributed by atoms with Crippen molar-refractivity contribution in [3.8, 4) is 0 Å². The van der Waals surface area contributed by atoms with E-state index in [4.69, 9.17) is 9.47 Å². The average Bonchev–Trinajstić information content (AvgIpc) is 3.16. The highest BCUT2D eigenvalue weighted by atomic mass is 16.6. The van der Waals surface area contributed by atoms with Gasteiger partial charge in [0.2, 0.25) is 0 Å². The lowest BCUT2D eigenvalue weighted by Crippen LogP contribution is -2.50. The van der Waals surface area contributed by atoms with Gasteiger partial charge in [0.25, 0.3) is 0 Å². The number of carbonyl (C=O) groups excluding carboxylic acids is 2. The largest absolute Gasteiger partial charge is 0.480 e. The second-order valence-electron chi connectivity index (χ2n) is 9.87. The molecule has 170 valence electrons. The fraction of sp³-hybridized carbons (Fsp3) is 0.800. The van der Waals surface area contributed by atoms with Gasteiger partial charge in [0.05, 0.1) is 0 Å². The SMILES string of the molecule is CC(C)(C)OC(=O)N1C[C@H]([C@H]2CC[C@@H](C(=O)O)N2C(=O)OC(C)(C)C)C[C@H]1C(=O)O. The molecule has 0 radical (unpaired) electrons. The molecule has 2 fully saturated rings. The van der Waals surface area contributed by atoms with E-state index in [2.05, 4.69) is 0 Å². The molecule has 0 aromatic rings. The third kappa shape index (κ3) is 5.54. The summed E-state index contributed by atoms with van der Waals surface area (Å²) in [6, 6.07) is -2.70. The first-order chi connectivity index (χ1) is 13.6. The van der Waals surface area contributed by atoms with Crippen LogP contribution in [-0.2, 0) is 19.1 Å². The highest BCUT2D eigenvalue weighted by molar-refractivity contribution is 5.82. The number of ether oxygens (including phenoxy) is 2. The lowest BCUT2D eigenvalue weighted by atomic mass is 9.95. The van der Waals surface area contributed by atoms with Crippen molar-refractivity contribution in [2.75, 3.05) is 6.54 Å². The molecule has 2 rings (SSSR count). The minimum atomic E-state index is -1.17. The number of carboxylic acids is 2. The van der Waals surface area contributed by atoms with Gasteiger partial charge in [-0.05, 0) is 66.7 Å². The van der Waals surface area contributed by atoms with E-state index in [0.717, 1.165) is 4.90 Å². The maximum absolute atomic E-state index is 12.8. The van der Waals surface area contributed by atoms with Crippen molar-refractivity contribution in [2.24, 2.45) is 5.92 Å². The van der Waals surface area contributed by atoms with E-state index >= 15 is 0 Å². The van der Waals surface area contributed by atoms with Crippen LogP contribution in [0.1, 0.15) is 60.8 Å². The molecular formula is C20H32N2O8. The molecule has 10 heteroatoms. The zero-order valence-corrected chi connectivity index (χ0v) is 18.4. The Bertz CT molecular complexity index is 709. The van der Waals surface area contributed by atoms with Gasteiger partial charge in [0.15, 0.2) is 0 Å². The predicted octanol–water partition coefficient (Wildman–Crippen LogP) is 2.55. The second-order valence-corrected chi connectivity index (χ2v) is 9.87. The Morgan fingerprint density at radius 1 is 0.800 bits per heavy atom. The van der Waals surface area contributed by atoms with Crippen molar-refractivity contribution in [2.45, 2.75) is 90.1 Å². The molecule has 2 N–H and O–H groups in total. The molecule has 2 aliphatic rings. The zero-order valence-electron chi connectivity index (χ0n) is 18.4. The average molecular weight is 428 g/mol. The molecule has 2 amide bonds. The number of hydrogen-bond acceptors (Lipinski definition) is 6. The van der Waals surface area contributed by atoms with Crippen LogP contribution < -0.4 is 0 Å². The Morgan fingerprint density at radius 3 is 1.77 bits per heavy atom. The number of hydrogen-bond donors (Lipinski definition) is 2. The van der Waals surface area contributed by atoms with Gasteiger partial charge in [-0.3, -0.25) is 9.80 Å². The fourth-order valence-corrected chi connectivity index (χ4v) is 4.02.